The molecule has 116 valence electrons. The standard InChI is InChI=1S/C18H18N4O/c1-22-12-14(16-4-2-3-5-17(16)22)11-20-21-18(23)10-13-6-8-15(19)9-7-13/h2-9,11-12H,10,19H2,1H3,(H,21,23)/b20-11-. The van der Waals surface area contributed by atoms with Crippen molar-refractivity contribution in [2.24, 2.45) is 12.1 Å². The second-order valence-electron chi connectivity index (χ2n) is 5.42. The molecule has 3 rings (SSSR count). The van der Waals surface area contributed by atoms with Gasteiger partial charge in [-0.1, -0.05) is 30.3 Å². The first kappa shape index (κ1) is 14.8. The van der Waals surface area contributed by atoms with Crippen molar-refractivity contribution >= 4 is 28.7 Å². The van der Waals surface area contributed by atoms with Gasteiger partial charge in [-0.15, -0.1) is 0 Å². The number of nitrogens with one attached hydrogen (secondary N) is 1. The van der Waals surface area contributed by atoms with E-state index in [1.54, 1.807) is 18.3 Å². The predicted octanol–water partition coefficient (Wildman–Crippen LogP) is 2.45. The summed E-state index contributed by atoms with van der Waals surface area (Å²) in [5.41, 5.74) is 11.9. The number of rotatable bonds is 4. The number of benzene rings is 2. The van der Waals surface area contributed by atoms with Crippen LogP contribution < -0.4 is 11.2 Å². The lowest BCUT2D eigenvalue weighted by Crippen LogP contribution is -2.19. The molecule has 0 saturated carbocycles. The van der Waals surface area contributed by atoms with Gasteiger partial charge in [-0.25, -0.2) is 5.43 Å². The van der Waals surface area contributed by atoms with Gasteiger partial charge in [-0.2, -0.15) is 5.10 Å². The number of anilines is 1. The maximum Gasteiger partial charge on any atom is 0.244 e. The number of nitrogens with two attached hydrogens (primary N) is 1. The van der Waals surface area contributed by atoms with E-state index in [9.17, 15) is 4.79 Å². The quantitative estimate of drug-likeness (QED) is 0.441. The minimum absolute atomic E-state index is 0.161. The van der Waals surface area contributed by atoms with Crippen molar-refractivity contribution in [2.75, 3.05) is 5.73 Å². The lowest BCUT2D eigenvalue weighted by Gasteiger charge is -2.01. The Bertz CT molecular complexity index is 862. The molecule has 0 radical (unpaired) electrons. The highest BCUT2D eigenvalue weighted by atomic mass is 16.2. The Kier molecular flexibility index (Phi) is 4.10. The Labute approximate surface area is 134 Å². The smallest absolute Gasteiger partial charge is 0.244 e. The Morgan fingerprint density at radius 1 is 1.22 bits per heavy atom. The number of carbonyl (C=O) groups is 1. The zero-order valence-electron chi connectivity index (χ0n) is 12.9. The van der Waals surface area contributed by atoms with Gasteiger partial charge in [0.2, 0.25) is 5.91 Å². The molecule has 5 heteroatoms. The van der Waals surface area contributed by atoms with Crippen LogP contribution in [0.15, 0.2) is 59.8 Å². The fourth-order valence-electron chi connectivity index (χ4n) is 2.51. The van der Waals surface area contributed by atoms with E-state index < -0.39 is 0 Å². The number of para-hydroxylation sites is 1. The summed E-state index contributed by atoms with van der Waals surface area (Å²) < 4.78 is 2.03. The molecule has 3 N–H and O–H groups in total. The molecule has 23 heavy (non-hydrogen) atoms. The fourth-order valence-corrected chi connectivity index (χ4v) is 2.51. The Balaban J connectivity index is 1.66. The van der Waals surface area contributed by atoms with Crippen LogP contribution in [0.25, 0.3) is 10.9 Å². The van der Waals surface area contributed by atoms with Crippen molar-refractivity contribution in [2.45, 2.75) is 6.42 Å². The molecule has 0 bridgehead atoms. The molecular weight excluding hydrogens is 288 g/mol. The number of hydrazone groups is 1. The highest BCUT2D eigenvalue weighted by Gasteiger charge is 2.04. The summed E-state index contributed by atoms with van der Waals surface area (Å²) in [6, 6.07) is 15.3. The molecule has 0 aliphatic carbocycles. The fraction of sp³-hybridized carbons (Fsp3) is 0.111. The van der Waals surface area contributed by atoms with Gasteiger partial charge in [0.25, 0.3) is 0 Å². The largest absolute Gasteiger partial charge is 0.399 e. The Hall–Kier alpha value is -3.08. The number of hydrogen-bond acceptors (Lipinski definition) is 3. The summed E-state index contributed by atoms with van der Waals surface area (Å²) >= 11 is 0. The van der Waals surface area contributed by atoms with E-state index in [0.29, 0.717) is 5.69 Å². The third-order valence-corrected chi connectivity index (χ3v) is 3.67. The van der Waals surface area contributed by atoms with E-state index in [1.807, 2.05) is 54.2 Å². The second kappa shape index (κ2) is 6.36. The minimum atomic E-state index is -0.161. The van der Waals surface area contributed by atoms with Crippen molar-refractivity contribution in [3.8, 4) is 0 Å². The summed E-state index contributed by atoms with van der Waals surface area (Å²) in [6.07, 6.45) is 3.93. The topological polar surface area (TPSA) is 72.4 Å². The predicted molar refractivity (Wildman–Crippen MR) is 93.2 cm³/mol. The molecule has 1 heterocycles. The molecular formula is C18H18N4O. The molecule has 0 aliphatic heterocycles. The van der Waals surface area contributed by atoms with E-state index in [2.05, 4.69) is 10.5 Å². The van der Waals surface area contributed by atoms with Gasteiger partial charge >= 0.3 is 0 Å². The van der Waals surface area contributed by atoms with Crippen LogP contribution in [-0.2, 0) is 18.3 Å². The van der Waals surface area contributed by atoms with Gasteiger partial charge < -0.3 is 10.3 Å². The normalized spacial score (nSPS) is 11.2. The molecule has 0 aliphatic rings. The molecule has 0 saturated heterocycles. The second-order valence-corrected chi connectivity index (χ2v) is 5.42. The zero-order valence-corrected chi connectivity index (χ0v) is 12.9. The number of fused-ring (bicyclic) bond motifs is 1. The molecule has 0 fully saturated rings. The summed E-state index contributed by atoms with van der Waals surface area (Å²) in [4.78, 5) is 11.9. The highest BCUT2D eigenvalue weighted by molar-refractivity contribution is 5.99. The van der Waals surface area contributed by atoms with E-state index in [-0.39, 0.29) is 12.3 Å². The molecule has 1 amide bonds. The number of nitrogen functional groups attached to an aromatic ring is 1. The molecule has 0 atom stereocenters. The van der Waals surface area contributed by atoms with Crippen LogP contribution in [0.2, 0.25) is 0 Å². The van der Waals surface area contributed by atoms with E-state index >= 15 is 0 Å². The van der Waals surface area contributed by atoms with Crippen LogP contribution in [-0.4, -0.2) is 16.7 Å². The number of hydrogen-bond donors (Lipinski definition) is 2. The third-order valence-electron chi connectivity index (χ3n) is 3.67. The van der Waals surface area contributed by atoms with E-state index in [4.69, 9.17) is 5.73 Å². The van der Waals surface area contributed by atoms with Crippen LogP contribution in [0.5, 0.6) is 0 Å². The first-order chi connectivity index (χ1) is 11.1. The van der Waals surface area contributed by atoms with Crippen LogP contribution in [0, 0.1) is 0 Å². The highest BCUT2D eigenvalue weighted by Crippen LogP contribution is 2.18. The van der Waals surface area contributed by atoms with Gasteiger partial charge in [0.1, 0.15) is 0 Å². The molecule has 1 aromatic heterocycles. The molecule has 5 nitrogen and oxygen atoms in total. The van der Waals surface area contributed by atoms with E-state index in [1.165, 1.54) is 0 Å². The monoisotopic (exact) mass is 306 g/mol. The van der Waals surface area contributed by atoms with Crippen molar-refractivity contribution in [1.82, 2.24) is 9.99 Å². The summed E-state index contributed by atoms with van der Waals surface area (Å²) in [6.45, 7) is 0. The average Bonchev–Trinajstić information content (AvgIpc) is 2.87. The third kappa shape index (κ3) is 3.40. The number of amides is 1. The minimum Gasteiger partial charge on any atom is -0.399 e. The van der Waals surface area contributed by atoms with Crippen LogP contribution in [0.3, 0.4) is 0 Å². The van der Waals surface area contributed by atoms with Crippen molar-refractivity contribution in [3.05, 3.63) is 65.9 Å². The van der Waals surface area contributed by atoms with Gasteiger partial charge in [0, 0.05) is 35.4 Å². The molecule has 0 spiro atoms. The van der Waals surface area contributed by atoms with Gasteiger partial charge in [-0.05, 0) is 23.8 Å². The first-order valence-electron chi connectivity index (χ1n) is 7.34. The average molecular weight is 306 g/mol. The summed E-state index contributed by atoms with van der Waals surface area (Å²) in [5.74, 6) is -0.161. The SMILES string of the molecule is Cn1cc(/C=N\NC(=O)Cc2ccc(N)cc2)c2ccccc21. The van der Waals surface area contributed by atoms with Crippen molar-refractivity contribution in [3.63, 3.8) is 0 Å². The number of aryl methyl sites for hydroxylation is 1. The van der Waals surface area contributed by atoms with Gasteiger partial charge in [0.05, 0.1) is 12.6 Å². The van der Waals surface area contributed by atoms with Crippen LogP contribution >= 0.6 is 0 Å². The lowest BCUT2D eigenvalue weighted by atomic mass is 10.1. The number of aromatic nitrogens is 1. The van der Waals surface area contributed by atoms with Crippen LogP contribution in [0.4, 0.5) is 5.69 Å². The Morgan fingerprint density at radius 2 is 1.96 bits per heavy atom. The van der Waals surface area contributed by atoms with Gasteiger partial charge in [-0.3, -0.25) is 4.79 Å². The van der Waals surface area contributed by atoms with Gasteiger partial charge in [0.15, 0.2) is 0 Å². The number of nitrogens with zero attached hydrogens (tertiary/aromatic N) is 2. The molecule has 2 aromatic carbocycles. The molecule has 0 unspecified atom stereocenters. The van der Waals surface area contributed by atoms with E-state index in [0.717, 1.165) is 22.0 Å². The zero-order chi connectivity index (χ0) is 16.2. The first-order valence-corrected chi connectivity index (χ1v) is 7.34. The lowest BCUT2D eigenvalue weighted by molar-refractivity contribution is -0.120. The van der Waals surface area contributed by atoms with Crippen LogP contribution in [0.1, 0.15) is 11.1 Å². The summed E-state index contributed by atoms with van der Waals surface area (Å²) in [5, 5.41) is 5.16. The molecule has 3 aromatic rings. The summed E-state index contributed by atoms with van der Waals surface area (Å²) in [7, 11) is 1.99. The Morgan fingerprint density at radius 3 is 2.74 bits per heavy atom. The maximum absolute atomic E-state index is 11.9. The number of carbonyl (C=O) groups excluding carboxylic acids is 1. The van der Waals surface area contributed by atoms with Crippen molar-refractivity contribution in [1.29, 1.82) is 0 Å². The maximum atomic E-state index is 11.9. The van der Waals surface area contributed by atoms with Crippen molar-refractivity contribution < 1.29 is 4.79 Å².